The SMILES string of the molecule is CCCCCCCCCCCCCC(O)C1C(=O)OCC1(CO)COC(C)=O. The Kier molecular flexibility index (Phi) is 12.4. The molecule has 0 aromatic rings. The number of unbranched alkanes of at least 4 members (excludes halogenated alkanes) is 10. The Hall–Kier alpha value is -1.14. The first-order valence-corrected chi connectivity index (χ1v) is 11.1. The van der Waals surface area contributed by atoms with Crippen molar-refractivity contribution in [2.24, 2.45) is 11.3 Å². The van der Waals surface area contributed by atoms with E-state index in [1.807, 2.05) is 0 Å². The fourth-order valence-electron chi connectivity index (χ4n) is 3.96. The van der Waals surface area contributed by atoms with Crippen molar-refractivity contribution in [3.05, 3.63) is 0 Å². The molecule has 28 heavy (non-hydrogen) atoms. The second kappa shape index (κ2) is 13.9. The molecule has 2 N–H and O–H groups in total. The third-order valence-corrected chi connectivity index (χ3v) is 5.78. The van der Waals surface area contributed by atoms with Crippen LogP contribution in [-0.2, 0) is 19.1 Å². The summed E-state index contributed by atoms with van der Waals surface area (Å²) in [6, 6.07) is 0. The van der Waals surface area contributed by atoms with Gasteiger partial charge in [-0.1, -0.05) is 77.6 Å². The minimum absolute atomic E-state index is 0.0321. The van der Waals surface area contributed by atoms with Gasteiger partial charge in [0.2, 0.25) is 0 Å². The highest BCUT2D eigenvalue weighted by Gasteiger charge is 2.54. The summed E-state index contributed by atoms with van der Waals surface area (Å²) < 4.78 is 10.1. The number of hydrogen-bond acceptors (Lipinski definition) is 6. The molecular weight excluding hydrogens is 360 g/mol. The van der Waals surface area contributed by atoms with Crippen molar-refractivity contribution in [1.82, 2.24) is 0 Å². The summed E-state index contributed by atoms with van der Waals surface area (Å²) in [4.78, 5) is 23.2. The van der Waals surface area contributed by atoms with Gasteiger partial charge in [0, 0.05) is 6.92 Å². The molecule has 1 aliphatic rings. The smallest absolute Gasteiger partial charge is 0.312 e. The highest BCUT2D eigenvalue weighted by atomic mass is 16.6. The van der Waals surface area contributed by atoms with Crippen LogP contribution in [0.2, 0.25) is 0 Å². The summed E-state index contributed by atoms with van der Waals surface area (Å²) in [6.07, 6.45) is 13.0. The number of aliphatic hydroxyl groups is 2. The summed E-state index contributed by atoms with van der Waals surface area (Å²) in [7, 11) is 0. The molecule has 6 nitrogen and oxygen atoms in total. The number of cyclic esters (lactones) is 1. The van der Waals surface area contributed by atoms with Gasteiger partial charge in [0.05, 0.1) is 24.0 Å². The summed E-state index contributed by atoms with van der Waals surface area (Å²) in [5.74, 6) is -1.84. The van der Waals surface area contributed by atoms with E-state index in [2.05, 4.69) is 6.92 Å². The quantitative estimate of drug-likeness (QED) is 0.303. The third kappa shape index (κ3) is 8.48. The Morgan fingerprint density at radius 1 is 1.11 bits per heavy atom. The minimum atomic E-state index is -1.04. The van der Waals surface area contributed by atoms with Gasteiger partial charge in [-0.05, 0) is 6.42 Å². The maximum Gasteiger partial charge on any atom is 0.312 e. The molecule has 1 rings (SSSR count). The summed E-state index contributed by atoms with van der Waals surface area (Å²) >= 11 is 0. The lowest BCUT2D eigenvalue weighted by molar-refractivity contribution is -0.151. The van der Waals surface area contributed by atoms with Crippen LogP contribution in [0, 0.1) is 11.3 Å². The molecular formula is C22H40O6. The molecule has 1 saturated heterocycles. The summed E-state index contributed by atoms with van der Waals surface area (Å²) in [5.41, 5.74) is -1.04. The predicted octanol–water partition coefficient (Wildman–Crippen LogP) is 3.76. The number of carbonyl (C=O) groups excluding carboxylic acids is 2. The normalized spacial score (nSPS) is 22.9. The Labute approximate surface area is 170 Å². The van der Waals surface area contributed by atoms with E-state index in [1.165, 1.54) is 58.3 Å². The van der Waals surface area contributed by atoms with Gasteiger partial charge < -0.3 is 19.7 Å². The van der Waals surface area contributed by atoms with Crippen LogP contribution < -0.4 is 0 Å². The lowest BCUT2D eigenvalue weighted by Gasteiger charge is -2.31. The standard InChI is InChI=1S/C22H40O6/c1-3-4-5-6-7-8-9-10-11-12-13-14-19(25)20-21(26)28-17-22(20,15-23)16-27-18(2)24/h19-20,23,25H,3-17H2,1-2H3. The van der Waals surface area contributed by atoms with Crippen LogP contribution in [0.15, 0.2) is 0 Å². The monoisotopic (exact) mass is 400 g/mol. The number of esters is 2. The van der Waals surface area contributed by atoms with Crippen molar-refractivity contribution < 1.29 is 29.3 Å². The van der Waals surface area contributed by atoms with Crippen molar-refractivity contribution in [2.45, 2.75) is 97.0 Å². The molecule has 0 radical (unpaired) electrons. The zero-order valence-electron chi connectivity index (χ0n) is 17.8. The molecule has 0 saturated carbocycles. The Morgan fingerprint density at radius 3 is 2.14 bits per heavy atom. The average Bonchev–Trinajstić information content (AvgIpc) is 3.01. The fraction of sp³-hybridized carbons (Fsp3) is 0.909. The molecule has 1 aliphatic heterocycles. The minimum Gasteiger partial charge on any atom is -0.465 e. The Morgan fingerprint density at radius 2 is 1.64 bits per heavy atom. The largest absolute Gasteiger partial charge is 0.465 e. The first-order chi connectivity index (χ1) is 13.5. The van der Waals surface area contributed by atoms with Crippen LogP contribution >= 0.6 is 0 Å². The van der Waals surface area contributed by atoms with Crippen molar-refractivity contribution in [3.8, 4) is 0 Å². The van der Waals surface area contributed by atoms with Gasteiger partial charge in [0.25, 0.3) is 0 Å². The van der Waals surface area contributed by atoms with Crippen molar-refractivity contribution >= 4 is 11.9 Å². The van der Waals surface area contributed by atoms with Crippen molar-refractivity contribution in [3.63, 3.8) is 0 Å². The topological polar surface area (TPSA) is 93.1 Å². The van der Waals surface area contributed by atoms with Gasteiger partial charge in [0.1, 0.15) is 13.2 Å². The molecule has 6 heteroatoms. The fourth-order valence-corrected chi connectivity index (χ4v) is 3.96. The maximum atomic E-state index is 12.1. The maximum absolute atomic E-state index is 12.1. The van der Waals surface area contributed by atoms with Crippen LogP contribution in [0.5, 0.6) is 0 Å². The summed E-state index contributed by atoms with van der Waals surface area (Å²) in [5, 5.41) is 20.3. The first-order valence-electron chi connectivity index (χ1n) is 11.1. The van der Waals surface area contributed by atoms with Crippen LogP contribution in [0.3, 0.4) is 0 Å². The van der Waals surface area contributed by atoms with E-state index in [1.54, 1.807) is 0 Å². The molecule has 1 fully saturated rings. The molecule has 3 atom stereocenters. The lowest BCUT2D eigenvalue weighted by Crippen LogP contribution is -2.45. The zero-order valence-corrected chi connectivity index (χ0v) is 17.8. The summed E-state index contributed by atoms with van der Waals surface area (Å²) in [6.45, 7) is 2.99. The number of aliphatic hydroxyl groups excluding tert-OH is 2. The molecule has 1 heterocycles. The van der Waals surface area contributed by atoms with Gasteiger partial charge in [-0.3, -0.25) is 9.59 Å². The lowest BCUT2D eigenvalue weighted by atomic mass is 9.75. The van der Waals surface area contributed by atoms with E-state index >= 15 is 0 Å². The van der Waals surface area contributed by atoms with Gasteiger partial charge in [-0.2, -0.15) is 0 Å². The molecule has 3 unspecified atom stereocenters. The van der Waals surface area contributed by atoms with E-state index < -0.39 is 29.4 Å². The number of ether oxygens (including phenoxy) is 2. The molecule has 0 aromatic carbocycles. The number of carbonyl (C=O) groups is 2. The van der Waals surface area contributed by atoms with Crippen LogP contribution in [0.25, 0.3) is 0 Å². The van der Waals surface area contributed by atoms with Gasteiger partial charge in [0.15, 0.2) is 0 Å². The van der Waals surface area contributed by atoms with E-state index in [-0.39, 0.29) is 19.8 Å². The van der Waals surface area contributed by atoms with Crippen LogP contribution in [-0.4, -0.2) is 48.1 Å². The highest BCUT2D eigenvalue weighted by molar-refractivity contribution is 5.76. The molecule has 0 aromatic heterocycles. The Bertz CT molecular complexity index is 452. The highest BCUT2D eigenvalue weighted by Crippen LogP contribution is 2.39. The molecule has 0 amide bonds. The van der Waals surface area contributed by atoms with E-state index in [0.29, 0.717) is 6.42 Å². The second-order valence-corrected chi connectivity index (χ2v) is 8.28. The number of rotatable bonds is 16. The zero-order chi connectivity index (χ0) is 20.8. The molecule has 0 spiro atoms. The molecule has 0 bridgehead atoms. The van der Waals surface area contributed by atoms with Crippen LogP contribution in [0.1, 0.15) is 90.9 Å². The molecule has 164 valence electrons. The third-order valence-electron chi connectivity index (χ3n) is 5.78. The van der Waals surface area contributed by atoms with Gasteiger partial charge in [-0.25, -0.2) is 0 Å². The average molecular weight is 401 g/mol. The first kappa shape index (κ1) is 24.9. The van der Waals surface area contributed by atoms with E-state index in [9.17, 15) is 19.8 Å². The second-order valence-electron chi connectivity index (χ2n) is 8.28. The Balaban J connectivity index is 2.24. The molecule has 0 aliphatic carbocycles. The number of hydrogen-bond donors (Lipinski definition) is 2. The van der Waals surface area contributed by atoms with Crippen molar-refractivity contribution in [2.75, 3.05) is 19.8 Å². The predicted molar refractivity (Wildman–Crippen MR) is 108 cm³/mol. The van der Waals surface area contributed by atoms with Crippen LogP contribution in [0.4, 0.5) is 0 Å². The van der Waals surface area contributed by atoms with E-state index in [0.717, 1.165) is 19.3 Å². The van der Waals surface area contributed by atoms with Gasteiger partial charge in [-0.15, -0.1) is 0 Å². The van der Waals surface area contributed by atoms with E-state index in [4.69, 9.17) is 9.47 Å². The van der Waals surface area contributed by atoms with Gasteiger partial charge >= 0.3 is 11.9 Å². The van der Waals surface area contributed by atoms with Crippen molar-refractivity contribution in [1.29, 1.82) is 0 Å².